The summed E-state index contributed by atoms with van der Waals surface area (Å²) in [6, 6.07) is 13.1. The molecule has 3 aromatic rings. The number of amides is 2. The fourth-order valence-electron chi connectivity index (χ4n) is 5.77. The topological polar surface area (TPSA) is 105 Å². The van der Waals surface area contributed by atoms with Gasteiger partial charge >= 0.3 is 12.1 Å². The van der Waals surface area contributed by atoms with Crippen LogP contribution < -0.4 is 5.32 Å². The van der Waals surface area contributed by atoms with E-state index in [1.165, 1.54) is 12.1 Å². The van der Waals surface area contributed by atoms with Gasteiger partial charge in [-0.25, -0.2) is 4.68 Å². The molecule has 2 heterocycles. The fraction of sp³-hybridized carbons (Fsp3) is 0.379. The number of halogens is 4. The molecule has 216 valence electrons. The number of piperidine rings is 1. The molecule has 2 N–H and O–H groups in total. The summed E-state index contributed by atoms with van der Waals surface area (Å²) in [7, 11) is 0. The van der Waals surface area contributed by atoms with Crippen molar-refractivity contribution in [2.24, 2.45) is 11.8 Å². The van der Waals surface area contributed by atoms with Crippen LogP contribution in [0.4, 0.5) is 18.9 Å². The van der Waals surface area contributed by atoms with E-state index in [0.717, 1.165) is 22.9 Å². The minimum absolute atomic E-state index is 0.0810. The second-order valence-electron chi connectivity index (χ2n) is 10.4. The molecule has 1 saturated carbocycles. The standard InChI is InChI=1S/C29H28ClF3N4O4/c30-23-6-1-2-7-24(23)37-16-22(25(35-37)29(31,32)33)26(38)34-19-10-8-17(9-11-19)18-12-14-36(15-13-18)27(39)20-4-3-5-21(20)28(40)41/h1-2,6-11,16,18,20-21H,3-5,12-15H2,(H,34,38)(H,40,41)/t20-,21-/m0/s1. The summed E-state index contributed by atoms with van der Waals surface area (Å²) in [5.74, 6) is -2.85. The molecule has 1 saturated heterocycles. The number of aliphatic carboxylic acids is 1. The van der Waals surface area contributed by atoms with Gasteiger partial charge in [-0.3, -0.25) is 14.4 Å². The van der Waals surface area contributed by atoms with Crippen molar-refractivity contribution in [1.82, 2.24) is 14.7 Å². The summed E-state index contributed by atoms with van der Waals surface area (Å²) in [6.45, 7) is 1.06. The van der Waals surface area contributed by atoms with E-state index in [9.17, 15) is 32.7 Å². The average Bonchev–Trinajstić information content (AvgIpc) is 3.62. The number of alkyl halides is 3. The number of benzene rings is 2. The number of carbonyl (C=O) groups excluding carboxylic acids is 2. The minimum atomic E-state index is -4.86. The van der Waals surface area contributed by atoms with Crippen molar-refractivity contribution in [1.29, 1.82) is 0 Å². The monoisotopic (exact) mass is 588 g/mol. The van der Waals surface area contributed by atoms with E-state index >= 15 is 0 Å². The molecule has 2 aromatic carbocycles. The van der Waals surface area contributed by atoms with Gasteiger partial charge in [0.05, 0.1) is 28.1 Å². The van der Waals surface area contributed by atoms with E-state index < -0.39 is 41.1 Å². The van der Waals surface area contributed by atoms with Crippen LogP contribution in [-0.4, -0.2) is 50.7 Å². The van der Waals surface area contributed by atoms with Gasteiger partial charge < -0.3 is 15.3 Å². The second kappa shape index (κ2) is 11.6. The Balaban J connectivity index is 1.23. The van der Waals surface area contributed by atoms with Gasteiger partial charge in [-0.05, 0) is 61.4 Å². The minimum Gasteiger partial charge on any atom is -0.481 e. The molecule has 12 heteroatoms. The van der Waals surface area contributed by atoms with Crippen LogP contribution in [0.2, 0.25) is 5.02 Å². The van der Waals surface area contributed by atoms with Crippen LogP contribution in [0.5, 0.6) is 0 Å². The number of likely N-dealkylation sites (tertiary alicyclic amines) is 1. The first-order chi connectivity index (χ1) is 19.5. The third-order valence-electron chi connectivity index (χ3n) is 7.92. The molecule has 1 aliphatic carbocycles. The van der Waals surface area contributed by atoms with E-state index in [0.29, 0.717) is 44.5 Å². The van der Waals surface area contributed by atoms with Crippen molar-refractivity contribution in [2.45, 2.75) is 44.2 Å². The van der Waals surface area contributed by atoms with Gasteiger partial charge in [0.25, 0.3) is 5.91 Å². The molecule has 1 aliphatic heterocycles. The lowest BCUT2D eigenvalue weighted by Gasteiger charge is -2.34. The molecule has 0 unspecified atom stereocenters. The number of rotatable bonds is 6. The Morgan fingerprint density at radius 2 is 1.61 bits per heavy atom. The zero-order chi connectivity index (χ0) is 29.3. The van der Waals surface area contributed by atoms with Gasteiger partial charge in [-0.15, -0.1) is 0 Å². The van der Waals surface area contributed by atoms with E-state index in [1.54, 1.807) is 29.2 Å². The van der Waals surface area contributed by atoms with Crippen LogP contribution >= 0.6 is 11.6 Å². The quantitative estimate of drug-likeness (QED) is 0.367. The van der Waals surface area contributed by atoms with Crippen LogP contribution in [-0.2, 0) is 15.8 Å². The third kappa shape index (κ3) is 6.09. The fourth-order valence-corrected chi connectivity index (χ4v) is 5.99. The number of para-hydroxylation sites is 1. The number of carboxylic acid groups (broad SMARTS) is 1. The number of hydrogen-bond acceptors (Lipinski definition) is 4. The molecule has 41 heavy (non-hydrogen) atoms. The van der Waals surface area contributed by atoms with Crippen molar-refractivity contribution < 1.29 is 32.7 Å². The lowest BCUT2D eigenvalue weighted by atomic mass is 9.88. The molecule has 2 atom stereocenters. The lowest BCUT2D eigenvalue weighted by molar-refractivity contribution is -0.149. The summed E-state index contributed by atoms with van der Waals surface area (Å²) >= 11 is 6.11. The molecular formula is C29H28ClF3N4O4. The summed E-state index contributed by atoms with van der Waals surface area (Å²) in [4.78, 5) is 39.1. The van der Waals surface area contributed by atoms with Crippen molar-refractivity contribution in [3.63, 3.8) is 0 Å². The van der Waals surface area contributed by atoms with Gasteiger partial charge in [-0.1, -0.05) is 42.3 Å². The first-order valence-electron chi connectivity index (χ1n) is 13.4. The number of anilines is 1. The number of carboxylic acids is 1. The second-order valence-corrected chi connectivity index (χ2v) is 10.9. The highest BCUT2D eigenvalue weighted by molar-refractivity contribution is 6.32. The van der Waals surface area contributed by atoms with Crippen LogP contribution in [0.1, 0.15) is 59.6 Å². The zero-order valence-electron chi connectivity index (χ0n) is 21.9. The van der Waals surface area contributed by atoms with E-state index in [1.807, 2.05) is 12.1 Å². The smallest absolute Gasteiger partial charge is 0.435 e. The molecule has 5 rings (SSSR count). The summed E-state index contributed by atoms with van der Waals surface area (Å²) in [5, 5.41) is 15.7. The Hall–Kier alpha value is -3.86. The number of carbonyl (C=O) groups is 3. The van der Waals surface area contributed by atoms with Gasteiger partial charge in [0.15, 0.2) is 5.69 Å². The van der Waals surface area contributed by atoms with Gasteiger partial charge in [0.1, 0.15) is 0 Å². The lowest BCUT2D eigenvalue weighted by Crippen LogP contribution is -2.43. The van der Waals surface area contributed by atoms with Gasteiger partial charge in [-0.2, -0.15) is 18.3 Å². The van der Waals surface area contributed by atoms with Crippen molar-refractivity contribution in [3.8, 4) is 5.69 Å². The zero-order valence-corrected chi connectivity index (χ0v) is 22.7. The van der Waals surface area contributed by atoms with Crippen molar-refractivity contribution in [3.05, 3.63) is 76.6 Å². The highest BCUT2D eigenvalue weighted by atomic mass is 35.5. The molecule has 2 aliphatic rings. The Morgan fingerprint density at radius 1 is 0.951 bits per heavy atom. The van der Waals surface area contributed by atoms with Crippen molar-refractivity contribution in [2.75, 3.05) is 18.4 Å². The van der Waals surface area contributed by atoms with Crippen LogP contribution in [0, 0.1) is 11.8 Å². The molecule has 1 aromatic heterocycles. The third-order valence-corrected chi connectivity index (χ3v) is 8.24. The van der Waals surface area contributed by atoms with Crippen molar-refractivity contribution >= 4 is 35.1 Å². The Morgan fingerprint density at radius 3 is 2.24 bits per heavy atom. The molecular weight excluding hydrogens is 561 g/mol. The summed E-state index contributed by atoms with van der Waals surface area (Å²) < 4.78 is 42.1. The number of nitrogens with zero attached hydrogens (tertiary/aromatic N) is 3. The molecule has 0 bridgehead atoms. The Bertz CT molecular complexity index is 1450. The largest absolute Gasteiger partial charge is 0.481 e. The number of nitrogens with one attached hydrogen (secondary N) is 1. The predicted octanol–water partition coefficient (Wildman–Crippen LogP) is 6.00. The number of aromatic nitrogens is 2. The highest BCUT2D eigenvalue weighted by Gasteiger charge is 2.41. The predicted molar refractivity (Wildman–Crippen MR) is 145 cm³/mol. The van der Waals surface area contributed by atoms with Crippen LogP contribution in [0.3, 0.4) is 0 Å². The van der Waals surface area contributed by atoms with E-state index in [2.05, 4.69) is 10.4 Å². The van der Waals surface area contributed by atoms with Crippen LogP contribution in [0.15, 0.2) is 54.7 Å². The maximum absolute atomic E-state index is 13.7. The normalized spacial score (nSPS) is 19.8. The maximum Gasteiger partial charge on any atom is 0.435 e. The molecule has 2 fully saturated rings. The van der Waals surface area contributed by atoms with E-state index in [4.69, 9.17) is 11.6 Å². The average molecular weight is 589 g/mol. The molecule has 8 nitrogen and oxygen atoms in total. The molecule has 0 spiro atoms. The van der Waals surface area contributed by atoms with Gasteiger partial charge in [0.2, 0.25) is 5.91 Å². The molecule has 2 amide bonds. The van der Waals surface area contributed by atoms with Gasteiger partial charge in [0, 0.05) is 25.0 Å². The molecule has 0 radical (unpaired) electrons. The van der Waals surface area contributed by atoms with E-state index in [-0.39, 0.29) is 22.5 Å². The Kier molecular flexibility index (Phi) is 8.08. The van der Waals surface area contributed by atoms with Crippen LogP contribution in [0.25, 0.3) is 5.69 Å². The summed E-state index contributed by atoms with van der Waals surface area (Å²) in [5.41, 5.74) is -0.431. The number of hydrogen-bond donors (Lipinski definition) is 2. The Labute approximate surface area is 239 Å². The first-order valence-corrected chi connectivity index (χ1v) is 13.8. The summed E-state index contributed by atoms with van der Waals surface area (Å²) in [6.07, 6.45) is -0.552. The maximum atomic E-state index is 13.7. The first kappa shape index (κ1) is 28.7. The SMILES string of the molecule is O=C(Nc1ccc(C2CCN(C(=O)[C@H]3CCC[C@@H]3C(=O)O)CC2)cc1)c1cn(-c2ccccc2Cl)nc1C(F)(F)F. The highest BCUT2D eigenvalue weighted by Crippen LogP contribution is 2.36.